The van der Waals surface area contributed by atoms with E-state index in [0.29, 0.717) is 28.3 Å². The van der Waals surface area contributed by atoms with Crippen LogP contribution in [-0.4, -0.2) is 30.7 Å². The Hall–Kier alpha value is -2.30. The second-order valence-electron chi connectivity index (χ2n) is 3.36. The number of benzene rings is 1. The van der Waals surface area contributed by atoms with Crippen LogP contribution in [0.4, 0.5) is 0 Å². The summed E-state index contributed by atoms with van der Waals surface area (Å²) < 4.78 is 10.5. The van der Waals surface area contributed by atoms with Crippen molar-refractivity contribution in [2.45, 2.75) is 0 Å². The SMILES string of the molecule is COc1cccc(OC)c1-c1[nH]ncc1C=O. The first-order valence-corrected chi connectivity index (χ1v) is 5.01. The van der Waals surface area contributed by atoms with Crippen molar-refractivity contribution in [1.29, 1.82) is 0 Å². The van der Waals surface area contributed by atoms with E-state index >= 15 is 0 Å². The fourth-order valence-corrected chi connectivity index (χ4v) is 1.68. The van der Waals surface area contributed by atoms with Gasteiger partial charge in [-0.05, 0) is 12.1 Å². The number of nitrogens with one attached hydrogen (secondary N) is 1. The lowest BCUT2D eigenvalue weighted by molar-refractivity contribution is 0.112. The van der Waals surface area contributed by atoms with E-state index in [0.717, 1.165) is 6.29 Å². The molecule has 0 aliphatic carbocycles. The smallest absolute Gasteiger partial charge is 0.153 e. The van der Waals surface area contributed by atoms with Crippen LogP contribution in [0, 0.1) is 0 Å². The van der Waals surface area contributed by atoms with Crippen molar-refractivity contribution in [1.82, 2.24) is 10.2 Å². The lowest BCUT2D eigenvalue weighted by atomic mass is 10.1. The first-order valence-electron chi connectivity index (χ1n) is 5.01. The van der Waals surface area contributed by atoms with Gasteiger partial charge in [0.05, 0.1) is 37.2 Å². The molecule has 5 nitrogen and oxygen atoms in total. The maximum atomic E-state index is 10.9. The Morgan fingerprint density at radius 3 is 2.41 bits per heavy atom. The molecule has 1 N–H and O–H groups in total. The van der Waals surface area contributed by atoms with Crippen LogP contribution in [0.5, 0.6) is 11.5 Å². The highest BCUT2D eigenvalue weighted by atomic mass is 16.5. The van der Waals surface area contributed by atoms with Crippen molar-refractivity contribution in [3.8, 4) is 22.8 Å². The van der Waals surface area contributed by atoms with Gasteiger partial charge in [-0.3, -0.25) is 9.89 Å². The molecule has 1 aromatic heterocycles. The summed E-state index contributed by atoms with van der Waals surface area (Å²) in [7, 11) is 3.13. The third-order valence-corrected chi connectivity index (χ3v) is 2.47. The van der Waals surface area contributed by atoms with E-state index in [1.807, 2.05) is 6.07 Å². The third kappa shape index (κ3) is 1.87. The zero-order chi connectivity index (χ0) is 12.3. The predicted molar refractivity (Wildman–Crippen MR) is 62.5 cm³/mol. The second-order valence-corrected chi connectivity index (χ2v) is 3.36. The van der Waals surface area contributed by atoms with Gasteiger partial charge in [0.25, 0.3) is 0 Å². The van der Waals surface area contributed by atoms with Gasteiger partial charge in [-0.2, -0.15) is 5.10 Å². The molecule has 0 fully saturated rings. The van der Waals surface area contributed by atoms with Crippen molar-refractivity contribution < 1.29 is 14.3 Å². The van der Waals surface area contributed by atoms with Crippen molar-refractivity contribution in [2.75, 3.05) is 14.2 Å². The average Bonchev–Trinajstić information content (AvgIpc) is 2.85. The fraction of sp³-hybridized carbons (Fsp3) is 0.167. The van der Waals surface area contributed by atoms with Crippen LogP contribution in [0.3, 0.4) is 0 Å². The van der Waals surface area contributed by atoms with Crippen molar-refractivity contribution in [3.05, 3.63) is 30.0 Å². The van der Waals surface area contributed by atoms with E-state index in [1.165, 1.54) is 6.20 Å². The highest BCUT2D eigenvalue weighted by Crippen LogP contribution is 2.38. The molecule has 2 aromatic rings. The van der Waals surface area contributed by atoms with Crippen LogP contribution in [0.15, 0.2) is 24.4 Å². The summed E-state index contributed by atoms with van der Waals surface area (Å²) in [6.07, 6.45) is 2.21. The molecule has 88 valence electrons. The van der Waals surface area contributed by atoms with Gasteiger partial charge in [0.2, 0.25) is 0 Å². The molecule has 1 aromatic carbocycles. The van der Waals surface area contributed by atoms with Crippen molar-refractivity contribution in [2.24, 2.45) is 0 Å². The second kappa shape index (κ2) is 4.69. The molecule has 0 radical (unpaired) electrons. The lowest BCUT2D eigenvalue weighted by Gasteiger charge is -2.11. The Kier molecular flexibility index (Phi) is 3.09. The average molecular weight is 232 g/mol. The minimum Gasteiger partial charge on any atom is -0.496 e. The van der Waals surface area contributed by atoms with E-state index < -0.39 is 0 Å². The third-order valence-electron chi connectivity index (χ3n) is 2.47. The van der Waals surface area contributed by atoms with Crippen LogP contribution in [0.2, 0.25) is 0 Å². The monoisotopic (exact) mass is 232 g/mol. The summed E-state index contributed by atoms with van der Waals surface area (Å²) in [5.41, 5.74) is 1.75. The number of carbonyl (C=O) groups is 1. The standard InChI is InChI=1S/C12H12N2O3/c1-16-9-4-3-5-10(17-2)11(9)12-8(7-15)6-13-14-12/h3-7H,1-2H3,(H,13,14). The number of aldehydes is 1. The molecular formula is C12H12N2O3. The normalized spacial score (nSPS) is 10.0. The summed E-state index contributed by atoms with van der Waals surface area (Å²) >= 11 is 0. The lowest BCUT2D eigenvalue weighted by Crippen LogP contribution is -1.95. The maximum absolute atomic E-state index is 10.9. The highest BCUT2D eigenvalue weighted by Gasteiger charge is 2.16. The van der Waals surface area contributed by atoms with Gasteiger partial charge in [-0.1, -0.05) is 6.07 Å². The van der Waals surface area contributed by atoms with Crippen molar-refractivity contribution in [3.63, 3.8) is 0 Å². The van der Waals surface area contributed by atoms with E-state index in [1.54, 1.807) is 26.4 Å². The number of methoxy groups -OCH3 is 2. The minimum absolute atomic E-state index is 0.466. The van der Waals surface area contributed by atoms with E-state index in [2.05, 4.69) is 10.2 Å². The number of hydrogen-bond donors (Lipinski definition) is 1. The quantitative estimate of drug-likeness (QED) is 0.818. The number of nitrogens with zero attached hydrogens (tertiary/aromatic N) is 1. The molecule has 0 atom stereocenters. The fourth-order valence-electron chi connectivity index (χ4n) is 1.68. The Bertz CT molecular complexity index is 512. The maximum Gasteiger partial charge on any atom is 0.153 e. The van der Waals surface area contributed by atoms with Gasteiger partial charge < -0.3 is 9.47 Å². The molecule has 5 heteroatoms. The van der Waals surface area contributed by atoms with Gasteiger partial charge in [0.15, 0.2) is 6.29 Å². The first kappa shape index (κ1) is 11.2. The van der Waals surface area contributed by atoms with E-state index in [9.17, 15) is 4.79 Å². The molecular weight excluding hydrogens is 220 g/mol. The predicted octanol–water partition coefficient (Wildman–Crippen LogP) is 1.91. The molecule has 0 amide bonds. The van der Waals surface area contributed by atoms with Crippen LogP contribution < -0.4 is 9.47 Å². The highest BCUT2D eigenvalue weighted by molar-refractivity contribution is 5.89. The molecule has 0 spiro atoms. The number of aromatic nitrogens is 2. The molecule has 0 aliphatic heterocycles. The van der Waals surface area contributed by atoms with Gasteiger partial charge in [-0.15, -0.1) is 0 Å². The number of rotatable bonds is 4. The molecule has 1 heterocycles. The molecule has 0 aliphatic rings. The minimum atomic E-state index is 0.466. The molecule has 0 saturated heterocycles. The summed E-state index contributed by atoms with van der Waals surface area (Å²) in [5.74, 6) is 1.24. The van der Waals surface area contributed by atoms with E-state index in [-0.39, 0.29) is 0 Å². The zero-order valence-corrected chi connectivity index (χ0v) is 9.56. The number of aromatic amines is 1. The molecule has 0 bridgehead atoms. The van der Waals surface area contributed by atoms with Gasteiger partial charge in [0, 0.05) is 0 Å². The first-order chi connectivity index (χ1) is 8.31. The summed E-state index contributed by atoms with van der Waals surface area (Å²) in [4.78, 5) is 10.9. The van der Waals surface area contributed by atoms with Gasteiger partial charge in [-0.25, -0.2) is 0 Å². The van der Waals surface area contributed by atoms with Gasteiger partial charge in [0.1, 0.15) is 11.5 Å². The van der Waals surface area contributed by atoms with Crippen LogP contribution in [-0.2, 0) is 0 Å². The van der Waals surface area contributed by atoms with Crippen LogP contribution >= 0.6 is 0 Å². The Labute approximate surface area is 98.4 Å². The number of ether oxygens (including phenoxy) is 2. The molecule has 2 rings (SSSR count). The molecule has 0 saturated carbocycles. The van der Waals surface area contributed by atoms with Crippen molar-refractivity contribution >= 4 is 6.29 Å². The van der Waals surface area contributed by atoms with Crippen LogP contribution in [0.25, 0.3) is 11.3 Å². The Morgan fingerprint density at radius 1 is 1.24 bits per heavy atom. The van der Waals surface area contributed by atoms with E-state index in [4.69, 9.17) is 9.47 Å². The number of carbonyl (C=O) groups excluding carboxylic acids is 1. The molecule has 0 unspecified atom stereocenters. The topological polar surface area (TPSA) is 64.2 Å². The summed E-state index contributed by atoms with van der Waals surface area (Å²) in [6.45, 7) is 0. The molecule has 17 heavy (non-hydrogen) atoms. The number of H-pyrrole nitrogens is 1. The summed E-state index contributed by atoms with van der Waals surface area (Å²) in [5, 5.41) is 6.63. The van der Waals surface area contributed by atoms with Gasteiger partial charge >= 0.3 is 0 Å². The summed E-state index contributed by atoms with van der Waals surface area (Å²) in [6, 6.07) is 5.42. The van der Waals surface area contributed by atoms with Crippen LogP contribution in [0.1, 0.15) is 10.4 Å². The number of hydrogen-bond acceptors (Lipinski definition) is 4. The Balaban J connectivity index is 2.68. The largest absolute Gasteiger partial charge is 0.496 e. The zero-order valence-electron chi connectivity index (χ0n) is 9.56. The Morgan fingerprint density at radius 2 is 1.88 bits per heavy atom.